The maximum Gasteiger partial charge on any atom is 0.254 e. The van der Waals surface area contributed by atoms with Crippen molar-refractivity contribution in [3.63, 3.8) is 0 Å². The fourth-order valence-electron chi connectivity index (χ4n) is 2.51. The van der Waals surface area contributed by atoms with Gasteiger partial charge in [0.25, 0.3) is 5.91 Å². The molecule has 158 valence electrons. The number of rotatable bonds is 8. The average molecular weight is 424 g/mol. The second-order valence-corrected chi connectivity index (χ2v) is 8.36. The molecule has 0 unspecified atom stereocenters. The molecule has 2 amide bonds. The van der Waals surface area contributed by atoms with E-state index in [4.69, 9.17) is 9.26 Å². The molecule has 10 nitrogen and oxygen atoms in total. The van der Waals surface area contributed by atoms with E-state index < -0.39 is 21.8 Å². The molecule has 0 fully saturated rings. The summed E-state index contributed by atoms with van der Waals surface area (Å²) in [7, 11) is -1.12. The Morgan fingerprint density at radius 2 is 1.97 bits per heavy atom. The Morgan fingerprint density at radius 3 is 2.52 bits per heavy atom. The van der Waals surface area contributed by atoms with Crippen molar-refractivity contribution in [1.82, 2.24) is 14.8 Å². The number of carbonyl (C=O) groups is 2. The lowest BCUT2D eigenvalue weighted by molar-refractivity contribution is -0.116. The predicted octanol–water partition coefficient (Wildman–Crippen LogP) is 1.39. The van der Waals surface area contributed by atoms with Crippen molar-refractivity contribution >= 4 is 27.7 Å². The number of hydrogen-bond donors (Lipinski definition) is 2. The van der Waals surface area contributed by atoms with Gasteiger partial charge in [-0.05, 0) is 39.0 Å². The number of nitrogens with one attached hydrogen (secondary N) is 2. The van der Waals surface area contributed by atoms with Crippen LogP contribution in [0, 0.1) is 6.92 Å². The Balaban J connectivity index is 2.19. The molecule has 0 saturated carbocycles. The van der Waals surface area contributed by atoms with E-state index in [1.807, 2.05) is 0 Å². The van der Waals surface area contributed by atoms with Gasteiger partial charge in [-0.25, -0.2) is 13.1 Å². The van der Waals surface area contributed by atoms with E-state index in [0.717, 1.165) is 4.90 Å². The lowest BCUT2D eigenvalue weighted by atomic mass is 10.2. The van der Waals surface area contributed by atoms with Gasteiger partial charge in [-0.3, -0.25) is 9.59 Å². The standard InChI is InChI=1S/C18H24N4O6S/c1-11(2)21-29(25,26)15-9-13(6-7-14(15)27-5)18(24)22(4)10-17(23)19-16-8-12(3)28-20-16/h6-9,11,21H,10H2,1-5H3,(H,19,20,23). The number of aryl methyl sites for hydroxylation is 1. The van der Waals surface area contributed by atoms with Crippen molar-refractivity contribution in [1.29, 1.82) is 0 Å². The zero-order chi connectivity index (χ0) is 21.8. The van der Waals surface area contributed by atoms with Gasteiger partial charge in [0.1, 0.15) is 16.4 Å². The number of hydrogen-bond acceptors (Lipinski definition) is 7. The third-order valence-electron chi connectivity index (χ3n) is 3.71. The first kappa shape index (κ1) is 22.4. The first-order chi connectivity index (χ1) is 13.5. The van der Waals surface area contributed by atoms with Crippen LogP contribution in [0.4, 0.5) is 5.82 Å². The van der Waals surface area contributed by atoms with Gasteiger partial charge in [-0.1, -0.05) is 5.16 Å². The number of likely N-dealkylation sites (N-methyl/N-ethyl adjacent to an activating group) is 1. The molecule has 1 heterocycles. The minimum atomic E-state index is -3.89. The molecule has 0 aliphatic heterocycles. The van der Waals surface area contributed by atoms with Crippen LogP contribution in [0.3, 0.4) is 0 Å². The van der Waals surface area contributed by atoms with Crippen LogP contribution in [0.2, 0.25) is 0 Å². The Bertz CT molecular complexity index is 1000. The molecular formula is C18H24N4O6S. The van der Waals surface area contributed by atoms with Gasteiger partial charge in [0, 0.05) is 24.7 Å². The van der Waals surface area contributed by atoms with Gasteiger partial charge < -0.3 is 19.5 Å². The molecule has 11 heteroatoms. The van der Waals surface area contributed by atoms with Crippen molar-refractivity contribution < 1.29 is 27.3 Å². The monoisotopic (exact) mass is 424 g/mol. The van der Waals surface area contributed by atoms with Crippen molar-refractivity contribution in [2.24, 2.45) is 0 Å². The summed E-state index contributed by atoms with van der Waals surface area (Å²) in [6.07, 6.45) is 0. The Labute approximate surface area is 169 Å². The summed E-state index contributed by atoms with van der Waals surface area (Å²) in [6, 6.07) is 5.26. The maximum absolute atomic E-state index is 12.7. The molecule has 1 aromatic heterocycles. The topological polar surface area (TPSA) is 131 Å². The SMILES string of the molecule is COc1ccc(C(=O)N(C)CC(=O)Nc2cc(C)on2)cc1S(=O)(=O)NC(C)C. The summed E-state index contributed by atoms with van der Waals surface area (Å²) in [5.41, 5.74) is 0.0995. The smallest absolute Gasteiger partial charge is 0.254 e. The highest BCUT2D eigenvalue weighted by atomic mass is 32.2. The highest BCUT2D eigenvalue weighted by molar-refractivity contribution is 7.89. The van der Waals surface area contributed by atoms with Gasteiger partial charge in [0.05, 0.1) is 13.7 Å². The number of nitrogens with zero attached hydrogens (tertiary/aromatic N) is 2. The summed E-state index contributed by atoms with van der Waals surface area (Å²) >= 11 is 0. The maximum atomic E-state index is 12.7. The second kappa shape index (κ2) is 9.05. The summed E-state index contributed by atoms with van der Waals surface area (Å²) in [5.74, 6) is -0.119. The highest BCUT2D eigenvalue weighted by Gasteiger charge is 2.24. The van der Waals surface area contributed by atoms with Crippen molar-refractivity contribution in [3.8, 4) is 5.75 Å². The molecule has 0 radical (unpaired) electrons. The van der Waals surface area contributed by atoms with E-state index >= 15 is 0 Å². The predicted molar refractivity (Wildman–Crippen MR) is 105 cm³/mol. The van der Waals surface area contributed by atoms with Crippen molar-refractivity contribution in [3.05, 3.63) is 35.6 Å². The van der Waals surface area contributed by atoms with Gasteiger partial charge in [-0.2, -0.15) is 0 Å². The van der Waals surface area contributed by atoms with Gasteiger partial charge in [-0.15, -0.1) is 0 Å². The number of benzene rings is 1. The summed E-state index contributed by atoms with van der Waals surface area (Å²) < 4.78 is 37.5. The Hall–Kier alpha value is -2.92. The lowest BCUT2D eigenvalue weighted by Crippen LogP contribution is -2.35. The summed E-state index contributed by atoms with van der Waals surface area (Å²) in [5, 5.41) is 6.16. The van der Waals surface area contributed by atoms with Crippen molar-refractivity contribution in [2.45, 2.75) is 31.7 Å². The van der Waals surface area contributed by atoms with Crippen LogP contribution in [0.15, 0.2) is 33.7 Å². The zero-order valence-electron chi connectivity index (χ0n) is 16.8. The number of amides is 2. The van der Waals surface area contributed by atoms with Gasteiger partial charge in [0.2, 0.25) is 15.9 Å². The van der Waals surface area contributed by atoms with Crippen LogP contribution in [0.5, 0.6) is 5.75 Å². The van der Waals surface area contributed by atoms with Crippen LogP contribution >= 0.6 is 0 Å². The number of methoxy groups -OCH3 is 1. The minimum Gasteiger partial charge on any atom is -0.495 e. The molecule has 0 aliphatic carbocycles. The Morgan fingerprint density at radius 1 is 1.28 bits per heavy atom. The Kier molecular flexibility index (Phi) is 6.98. The third-order valence-corrected chi connectivity index (χ3v) is 5.39. The summed E-state index contributed by atoms with van der Waals surface area (Å²) in [6.45, 7) is 4.79. The van der Waals surface area contributed by atoms with Crippen LogP contribution in [-0.2, 0) is 14.8 Å². The average Bonchev–Trinajstić information content (AvgIpc) is 3.03. The molecule has 0 spiro atoms. The quantitative estimate of drug-likeness (QED) is 0.655. The normalized spacial score (nSPS) is 11.4. The fourth-order valence-corrected chi connectivity index (χ4v) is 3.95. The molecule has 29 heavy (non-hydrogen) atoms. The number of sulfonamides is 1. The summed E-state index contributed by atoms with van der Waals surface area (Å²) in [4.78, 5) is 25.8. The van der Waals surface area contributed by atoms with E-state index in [2.05, 4.69) is 15.2 Å². The van der Waals surface area contributed by atoms with E-state index in [1.54, 1.807) is 26.8 Å². The molecule has 1 aromatic carbocycles. The largest absolute Gasteiger partial charge is 0.495 e. The molecule has 2 N–H and O–H groups in total. The number of aromatic nitrogens is 1. The molecular weight excluding hydrogens is 400 g/mol. The lowest BCUT2D eigenvalue weighted by Gasteiger charge is -2.18. The van der Waals surface area contributed by atoms with E-state index in [9.17, 15) is 18.0 Å². The van der Waals surface area contributed by atoms with Gasteiger partial charge >= 0.3 is 0 Å². The molecule has 2 aromatic rings. The van der Waals surface area contributed by atoms with Crippen LogP contribution < -0.4 is 14.8 Å². The number of ether oxygens (including phenoxy) is 1. The molecule has 0 bridgehead atoms. The molecule has 0 atom stereocenters. The highest BCUT2D eigenvalue weighted by Crippen LogP contribution is 2.25. The number of anilines is 1. The molecule has 2 rings (SSSR count). The second-order valence-electron chi connectivity index (χ2n) is 6.67. The van der Waals surface area contributed by atoms with Gasteiger partial charge in [0.15, 0.2) is 5.82 Å². The van der Waals surface area contributed by atoms with E-state index in [0.29, 0.717) is 5.76 Å². The first-order valence-corrected chi connectivity index (χ1v) is 10.2. The van der Waals surface area contributed by atoms with Crippen molar-refractivity contribution in [2.75, 3.05) is 26.0 Å². The van der Waals surface area contributed by atoms with E-state index in [1.165, 1.54) is 32.4 Å². The van der Waals surface area contributed by atoms with Crippen LogP contribution in [0.1, 0.15) is 30.0 Å². The van der Waals surface area contributed by atoms with E-state index in [-0.39, 0.29) is 34.6 Å². The zero-order valence-corrected chi connectivity index (χ0v) is 17.7. The minimum absolute atomic E-state index is 0.0995. The molecule has 0 saturated heterocycles. The van der Waals surface area contributed by atoms with Crippen LogP contribution in [-0.4, -0.2) is 57.0 Å². The first-order valence-electron chi connectivity index (χ1n) is 8.72. The number of carbonyl (C=O) groups excluding carboxylic acids is 2. The molecule has 0 aliphatic rings. The third kappa shape index (κ3) is 5.78. The van der Waals surface area contributed by atoms with Crippen LogP contribution in [0.25, 0.3) is 0 Å². The fraction of sp³-hybridized carbons (Fsp3) is 0.389.